The molecule has 16 heavy (non-hydrogen) atoms. The highest BCUT2D eigenvalue weighted by Crippen LogP contribution is 2.26. The minimum Gasteiger partial charge on any atom is -0.396 e. The van der Waals surface area contributed by atoms with Gasteiger partial charge in [0.25, 0.3) is 0 Å². The van der Waals surface area contributed by atoms with E-state index < -0.39 is 0 Å². The van der Waals surface area contributed by atoms with Crippen LogP contribution in [0.1, 0.15) is 20.3 Å². The van der Waals surface area contributed by atoms with Gasteiger partial charge >= 0.3 is 0 Å². The molecular weight excluding hydrogens is 218 g/mol. The van der Waals surface area contributed by atoms with E-state index in [0.29, 0.717) is 0 Å². The molecule has 0 saturated heterocycles. The molecule has 0 radical (unpaired) electrons. The zero-order chi connectivity index (χ0) is 12.2. The quantitative estimate of drug-likeness (QED) is 0.799. The first-order valence-electron chi connectivity index (χ1n) is 5.50. The van der Waals surface area contributed by atoms with Crippen LogP contribution in [0.3, 0.4) is 0 Å². The predicted octanol–water partition coefficient (Wildman–Crippen LogP) is 3.01. The molecule has 0 bridgehead atoms. The topological polar surface area (TPSA) is 23.5 Å². The fourth-order valence-corrected chi connectivity index (χ4v) is 2.00. The molecule has 0 aliphatic heterocycles. The number of benzene rings is 1. The zero-order valence-electron chi connectivity index (χ0n) is 10.5. The molecule has 0 aliphatic rings. The lowest BCUT2D eigenvalue weighted by Crippen LogP contribution is -2.41. The highest BCUT2D eigenvalue weighted by molar-refractivity contribution is 7.98. The summed E-state index contributed by atoms with van der Waals surface area (Å²) in [5.41, 5.74) is 1.17. The summed E-state index contributed by atoms with van der Waals surface area (Å²) in [5.74, 6) is 0. The Morgan fingerprint density at radius 2 is 1.81 bits per heavy atom. The van der Waals surface area contributed by atoms with Gasteiger partial charge in [0.15, 0.2) is 0 Å². The van der Waals surface area contributed by atoms with Gasteiger partial charge in [0, 0.05) is 29.8 Å². The molecule has 1 aromatic carbocycles. The Morgan fingerprint density at radius 3 is 2.25 bits per heavy atom. The third-order valence-corrected chi connectivity index (χ3v) is 3.83. The molecule has 0 amide bonds. The first-order valence-corrected chi connectivity index (χ1v) is 6.72. The fraction of sp³-hybridized carbons (Fsp3) is 0.538. The third-order valence-electron chi connectivity index (χ3n) is 3.09. The van der Waals surface area contributed by atoms with Crippen LogP contribution >= 0.6 is 11.8 Å². The first kappa shape index (κ1) is 13.4. The summed E-state index contributed by atoms with van der Waals surface area (Å²) in [4.78, 5) is 3.49. The van der Waals surface area contributed by atoms with E-state index in [9.17, 15) is 0 Å². The van der Waals surface area contributed by atoms with E-state index in [1.807, 2.05) is 0 Å². The smallest absolute Gasteiger partial charge is 0.0453 e. The standard InChI is InChI=1S/C13H21NOS/c1-13(2,9-10-15)14(3)11-5-7-12(16-4)8-6-11/h5-8,15H,9-10H2,1-4H3. The number of thioether (sulfide) groups is 1. The second-order valence-corrected chi connectivity index (χ2v) is 5.42. The van der Waals surface area contributed by atoms with Gasteiger partial charge in [-0.2, -0.15) is 0 Å². The number of aliphatic hydroxyl groups excluding tert-OH is 1. The molecule has 0 aromatic heterocycles. The minimum atomic E-state index is -0.0182. The Kier molecular flexibility index (Phi) is 4.69. The van der Waals surface area contributed by atoms with E-state index in [1.165, 1.54) is 10.6 Å². The number of hydrogen-bond acceptors (Lipinski definition) is 3. The van der Waals surface area contributed by atoms with Gasteiger partial charge in [-0.15, -0.1) is 11.8 Å². The average molecular weight is 239 g/mol. The number of anilines is 1. The Morgan fingerprint density at radius 1 is 1.25 bits per heavy atom. The van der Waals surface area contributed by atoms with Gasteiger partial charge in [-0.3, -0.25) is 0 Å². The number of aliphatic hydroxyl groups is 1. The summed E-state index contributed by atoms with van der Waals surface area (Å²) in [6.45, 7) is 4.51. The van der Waals surface area contributed by atoms with Crippen LogP contribution in [0.25, 0.3) is 0 Å². The van der Waals surface area contributed by atoms with Crippen LogP contribution in [0.4, 0.5) is 5.69 Å². The molecule has 0 heterocycles. The molecule has 0 atom stereocenters. The summed E-state index contributed by atoms with van der Waals surface area (Å²) >= 11 is 1.75. The van der Waals surface area contributed by atoms with Crippen molar-refractivity contribution < 1.29 is 5.11 Å². The molecule has 0 unspecified atom stereocenters. The average Bonchev–Trinajstić information content (AvgIpc) is 2.28. The van der Waals surface area contributed by atoms with E-state index in [1.54, 1.807) is 11.8 Å². The van der Waals surface area contributed by atoms with Gasteiger partial charge in [0.1, 0.15) is 0 Å². The van der Waals surface area contributed by atoms with Crippen LogP contribution in [0.15, 0.2) is 29.2 Å². The monoisotopic (exact) mass is 239 g/mol. The highest BCUT2D eigenvalue weighted by Gasteiger charge is 2.22. The molecule has 3 heteroatoms. The molecule has 0 spiro atoms. The van der Waals surface area contributed by atoms with Gasteiger partial charge < -0.3 is 10.0 Å². The predicted molar refractivity (Wildman–Crippen MR) is 72.4 cm³/mol. The molecule has 90 valence electrons. The zero-order valence-corrected chi connectivity index (χ0v) is 11.3. The van der Waals surface area contributed by atoms with Crippen molar-refractivity contribution in [2.45, 2.75) is 30.7 Å². The maximum Gasteiger partial charge on any atom is 0.0453 e. The van der Waals surface area contributed by atoms with E-state index >= 15 is 0 Å². The number of hydrogen-bond donors (Lipinski definition) is 1. The van der Waals surface area contributed by atoms with Crippen molar-refractivity contribution in [3.63, 3.8) is 0 Å². The lowest BCUT2D eigenvalue weighted by atomic mass is 9.98. The Labute approximate surface area is 103 Å². The van der Waals surface area contributed by atoms with Crippen LogP contribution in [-0.2, 0) is 0 Å². The van der Waals surface area contributed by atoms with Gasteiger partial charge in [0.2, 0.25) is 0 Å². The molecule has 2 nitrogen and oxygen atoms in total. The molecule has 1 N–H and O–H groups in total. The minimum absolute atomic E-state index is 0.0182. The van der Waals surface area contributed by atoms with Crippen molar-refractivity contribution in [1.82, 2.24) is 0 Å². The van der Waals surface area contributed by atoms with Crippen LogP contribution in [0.2, 0.25) is 0 Å². The van der Waals surface area contributed by atoms with Crippen molar-refractivity contribution >= 4 is 17.4 Å². The molecule has 1 rings (SSSR count). The lowest BCUT2D eigenvalue weighted by molar-refractivity contribution is 0.250. The second kappa shape index (κ2) is 5.60. The summed E-state index contributed by atoms with van der Waals surface area (Å²) in [6, 6.07) is 8.52. The van der Waals surface area contributed by atoms with Crippen LogP contribution in [0, 0.1) is 0 Å². The van der Waals surface area contributed by atoms with Crippen molar-refractivity contribution in [3.8, 4) is 0 Å². The second-order valence-electron chi connectivity index (χ2n) is 4.54. The fourth-order valence-electron chi connectivity index (χ4n) is 1.60. The van der Waals surface area contributed by atoms with Gasteiger partial charge in [-0.05, 0) is 50.8 Å². The number of nitrogens with zero attached hydrogens (tertiary/aromatic N) is 1. The van der Waals surface area contributed by atoms with Gasteiger partial charge in [-0.1, -0.05) is 0 Å². The van der Waals surface area contributed by atoms with E-state index in [2.05, 4.69) is 56.3 Å². The summed E-state index contributed by atoms with van der Waals surface area (Å²) < 4.78 is 0. The lowest BCUT2D eigenvalue weighted by Gasteiger charge is -2.37. The van der Waals surface area contributed by atoms with Crippen molar-refractivity contribution in [1.29, 1.82) is 0 Å². The van der Waals surface area contributed by atoms with Crippen LogP contribution in [0.5, 0.6) is 0 Å². The van der Waals surface area contributed by atoms with Gasteiger partial charge in [0.05, 0.1) is 0 Å². The summed E-state index contributed by atoms with van der Waals surface area (Å²) in [5, 5.41) is 9.05. The molecular formula is C13H21NOS. The Balaban J connectivity index is 2.83. The normalized spacial score (nSPS) is 11.6. The van der Waals surface area contributed by atoms with Gasteiger partial charge in [-0.25, -0.2) is 0 Å². The van der Waals surface area contributed by atoms with E-state index in [4.69, 9.17) is 5.11 Å². The van der Waals surface area contributed by atoms with Crippen molar-refractivity contribution in [2.24, 2.45) is 0 Å². The van der Waals surface area contributed by atoms with E-state index in [0.717, 1.165) is 6.42 Å². The van der Waals surface area contributed by atoms with E-state index in [-0.39, 0.29) is 12.1 Å². The van der Waals surface area contributed by atoms with Crippen molar-refractivity contribution in [2.75, 3.05) is 24.8 Å². The highest BCUT2D eigenvalue weighted by atomic mass is 32.2. The molecule has 0 aliphatic carbocycles. The molecule has 0 fully saturated rings. The SMILES string of the molecule is CSc1ccc(N(C)C(C)(C)CCO)cc1. The largest absolute Gasteiger partial charge is 0.396 e. The summed E-state index contributed by atoms with van der Waals surface area (Å²) in [7, 11) is 2.07. The summed E-state index contributed by atoms with van der Waals surface area (Å²) in [6.07, 6.45) is 2.85. The maximum absolute atomic E-state index is 9.05. The Hall–Kier alpha value is -0.670. The Bertz CT molecular complexity index is 321. The first-order chi connectivity index (χ1) is 7.51. The van der Waals surface area contributed by atoms with Crippen molar-refractivity contribution in [3.05, 3.63) is 24.3 Å². The molecule has 0 saturated carbocycles. The third kappa shape index (κ3) is 3.16. The van der Waals surface area contributed by atoms with Crippen LogP contribution < -0.4 is 4.90 Å². The maximum atomic E-state index is 9.05. The molecule has 1 aromatic rings. The number of rotatable bonds is 5. The van der Waals surface area contributed by atoms with Crippen LogP contribution in [-0.4, -0.2) is 30.6 Å².